The van der Waals surface area contributed by atoms with Gasteiger partial charge in [-0.25, -0.2) is 0 Å². The lowest BCUT2D eigenvalue weighted by atomic mass is 10.2. The fourth-order valence-corrected chi connectivity index (χ4v) is 4.59. The minimum atomic E-state index is -4.01. The van der Waals surface area contributed by atoms with E-state index in [2.05, 4.69) is 4.18 Å². The van der Waals surface area contributed by atoms with Crippen LogP contribution in [0.3, 0.4) is 0 Å². The molecule has 0 aliphatic carbocycles. The van der Waals surface area contributed by atoms with Crippen LogP contribution in [0.5, 0.6) is 5.75 Å². The average Bonchev–Trinajstić information content (AvgIpc) is 2.63. The van der Waals surface area contributed by atoms with Crippen molar-refractivity contribution in [1.29, 1.82) is 0 Å². The van der Waals surface area contributed by atoms with E-state index in [9.17, 15) is 16.8 Å². The van der Waals surface area contributed by atoms with E-state index in [0.29, 0.717) is 5.56 Å². The summed E-state index contributed by atoms with van der Waals surface area (Å²) in [7, 11) is -7.75. The molecule has 0 bridgehead atoms. The molecule has 0 radical (unpaired) electrons. The lowest BCUT2D eigenvalue weighted by Gasteiger charge is -2.11. The summed E-state index contributed by atoms with van der Waals surface area (Å²) in [5.41, 5.74) is 0.655. The third-order valence-electron chi connectivity index (χ3n) is 2.53. The molecule has 1 heterocycles. The quantitative estimate of drug-likeness (QED) is 0.751. The fraction of sp³-hybridized carbons (Fsp3) is 0.400. The molecule has 6 nitrogen and oxygen atoms in total. The second-order valence-electron chi connectivity index (χ2n) is 3.97. The minimum Gasteiger partial charge on any atom is -0.382 e. The first-order valence-corrected chi connectivity index (χ1v) is 8.21. The zero-order valence-corrected chi connectivity index (χ0v) is 11.2. The van der Waals surface area contributed by atoms with Crippen LogP contribution in [-0.4, -0.2) is 34.4 Å². The molecule has 1 atom stereocenters. The highest BCUT2D eigenvalue weighted by Crippen LogP contribution is 2.23. The van der Waals surface area contributed by atoms with Crippen molar-refractivity contribution in [2.75, 3.05) is 12.4 Å². The van der Waals surface area contributed by atoms with Gasteiger partial charge in [0.25, 0.3) is 10.1 Å². The van der Waals surface area contributed by atoms with Crippen LogP contribution in [0.2, 0.25) is 0 Å². The maximum atomic E-state index is 11.9. The summed E-state index contributed by atoms with van der Waals surface area (Å²) in [6.45, 7) is 1.31. The van der Waals surface area contributed by atoms with Crippen molar-refractivity contribution in [3.63, 3.8) is 0 Å². The Labute approximate surface area is 106 Å². The van der Waals surface area contributed by atoms with Gasteiger partial charge in [-0.15, -0.1) is 0 Å². The fourth-order valence-electron chi connectivity index (χ4n) is 1.51. The molecular weight excluding hydrogens is 280 g/mol. The Kier molecular flexibility index (Phi) is 3.35. The molecule has 0 saturated carbocycles. The van der Waals surface area contributed by atoms with Gasteiger partial charge in [0.2, 0.25) is 0 Å². The molecule has 2 rings (SSSR count). The molecule has 1 saturated heterocycles. The second kappa shape index (κ2) is 4.52. The normalized spacial score (nSPS) is 22.8. The molecule has 100 valence electrons. The number of hydrogen-bond acceptors (Lipinski definition) is 6. The van der Waals surface area contributed by atoms with Gasteiger partial charge in [-0.1, -0.05) is 18.2 Å². The van der Waals surface area contributed by atoms with Crippen LogP contribution in [0.1, 0.15) is 5.56 Å². The van der Waals surface area contributed by atoms with E-state index in [1.165, 1.54) is 6.07 Å². The Morgan fingerprint density at radius 1 is 1.33 bits per heavy atom. The number of hydrogen-bond donors (Lipinski definition) is 0. The van der Waals surface area contributed by atoms with Crippen LogP contribution in [-0.2, 0) is 24.4 Å². The van der Waals surface area contributed by atoms with Crippen molar-refractivity contribution < 1.29 is 25.2 Å². The van der Waals surface area contributed by atoms with Crippen LogP contribution in [0.15, 0.2) is 24.3 Å². The summed E-state index contributed by atoms with van der Waals surface area (Å²) in [5.74, 6) is -0.372. The highest BCUT2D eigenvalue weighted by molar-refractivity contribution is 7.91. The zero-order chi connectivity index (χ0) is 13.4. The summed E-state index contributed by atoms with van der Waals surface area (Å²) in [6.07, 6.45) is 0. The van der Waals surface area contributed by atoms with Crippen LogP contribution < -0.4 is 4.18 Å². The third-order valence-corrected chi connectivity index (χ3v) is 5.58. The molecule has 1 aliphatic heterocycles. The lowest BCUT2D eigenvalue weighted by molar-refractivity contribution is 0.349. The van der Waals surface area contributed by atoms with Gasteiger partial charge in [-0.05, 0) is 18.6 Å². The van der Waals surface area contributed by atoms with Gasteiger partial charge >= 0.3 is 10.1 Å². The smallest absolute Gasteiger partial charge is 0.315 e. The molecule has 1 aromatic rings. The highest BCUT2D eigenvalue weighted by atomic mass is 32.2. The van der Waals surface area contributed by atoms with E-state index < -0.39 is 37.8 Å². The Hall–Kier alpha value is -1.12. The highest BCUT2D eigenvalue weighted by Gasteiger charge is 2.40. The van der Waals surface area contributed by atoms with E-state index in [1.807, 2.05) is 0 Å². The van der Waals surface area contributed by atoms with Crippen molar-refractivity contribution >= 4 is 20.2 Å². The standard InChI is InChI=1S/C10H12O6S2/c1-8-4-2-3-5-10(8)16-18(13,14)9-6-15-17(11,12)7-9/h2-5,9H,6-7H2,1H3. The summed E-state index contributed by atoms with van der Waals surface area (Å²) in [5, 5.41) is -1.18. The molecule has 18 heavy (non-hydrogen) atoms. The number of para-hydroxylation sites is 1. The summed E-state index contributed by atoms with van der Waals surface area (Å²) < 4.78 is 55.2. The largest absolute Gasteiger partial charge is 0.382 e. The van der Waals surface area contributed by atoms with Crippen molar-refractivity contribution in [2.24, 2.45) is 0 Å². The number of benzene rings is 1. The van der Waals surface area contributed by atoms with Crippen LogP contribution in [0.25, 0.3) is 0 Å². The number of aryl methyl sites for hydroxylation is 1. The molecule has 0 N–H and O–H groups in total. The maximum absolute atomic E-state index is 11.9. The molecular formula is C10H12O6S2. The summed E-state index contributed by atoms with van der Waals surface area (Å²) >= 11 is 0. The molecule has 8 heteroatoms. The first kappa shape index (κ1) is 13.3. The maximum Gasteiger partial charge on any atom is 0.315 e. The predicted octanol–water partition coefficient (Wildman–Crippen LogP) is 0.432. The van der Waals surface area contributed by atoms with E-state index in [-0.39, 0.29) is 5.75 Å². The summed E-state index contributed by atoms with van der Waals surface area (Å²) in [4.78, 5) is 0. The predicted molar refractivity (Wildman–Crippen MR) is 64.3 cm³/mol. The second-order valence-corrected chi connectivity index (χ2v) is 7.48. The van der Waals surface area contributed by atoms with Gasteiger partial charge in [-0.3, -0.25) is 4.18 Å². The van der Waals surface area contributed by atoms with Crippen LogP contribution in [0.4, 0.5) is 0 Å². The average molecular weight is 292 g/mol. The van der Waals surface area contributed by atoms with Gasteiger partial charge < -0.3 is 4.18 Å². The van der Waals surface area contributed by atoms with Gasteiger partial charge in [0.1, 0.15) is 11.0 Å². The van der Waals surface area contributed by atoms with Gasteiger partial charge in [0.15, 0.2) is 0 Å². The monoisotopic (exact) mass is 292 g/mol. The number of rotatable bonds is 3. The van der Waals surface area contributed by atoms with E-state index >= 15 is 0 Å². The first-order valence-electron chi connectivity index (χ1n) is 5.16. The molecule has 0 amide bonds. The molecule has 1 fully saturated rings. The van der Waals surface area contributed by atoms with Crippen LogP contribution in [0, 0.1) is 6.92 Å². The Morgan fingerprint density at radius 2 is 2.00 bits per heavy atom. The molecule has 1 aromatic carbocycles. The van der Waals surface area contributed by atoms with Crippen molar-refractivity contribution in [3.8, 4) is 5.75 Å². The van der Waals surface area contributed by atoms with E-state index in [4.69, 9.17) is 4.18 Å². The third kappa shape index (κ3) is 2.82. The van der Waals surface area contributed by atoms with Gasteiger partial charge in [-0.2, -0.15) is 16.8 Å². The van der Waals surface area contributed by atoms with Crippen molar-refractivity contribution in [1.82, 2.24) is 0 Å². The topological polar surface area (TPSA) is 86.7 Å². The zero-order valence-electron chi connectivity index (χ0n) is 9.57. The minimum absolute atomic E-state index is 0.196. The SMILES string of the molecule is Cc1ccccc1OS(=O)(=O)C1COS(=O)(=O)C1. The van der Waals surface area contributed by atoms with Crippen molar-refractivity contribution in [3.05, 3.63) is 29.8 Å². The summed E-state index contributed by atoms with van der Waals surface area (Å²) in [6, 6.07) is 6.60. The molecule has 1 aliphatic rings. The van der Waals surface area contributed by atoms with Gasteiger partial charge in [0.05, 0.1) is 12.4 Å². The van der Waals surface area contributed by atoms with E-state index in [1.54, 1.807) is 25.1 Å². The lowest BCUT2D eigenvalue weighted by Crippen LogP contribution is -2.29. The van der Waals surface area contributed by atoms with Crippen LogP contribution >= 0.6 is 0 Å². The molecule has 1 unspecified atom stereocenters. The molecule has 0 aromatic heterocycles. The van der Waals surface area contributed by atoms with Gasteiger partial charge in [0, 0.05) is 0 Å². The Balaban J connectivity index is 2.21. The Morgan fingerprint density at radius 3 is 2.56 bits per heavy atom. The van der Waals surface area contributed by atoms with Crippen molar-refractivity contribution in [2.45, 2.75) is 12.2 Å². The van der Waals surface area contributed by atoms with E-state index in [0.717, 1.165) is 0 Å². The first-order chi connectivity index (χ1) is 8.30. The Bertz CT molecular complexity index is 647. The molecule has 0 spiro atoms.